The summed E-state index contributed by atoms with van der Waals surface area (Å²) in [6.07, 6.45) is 8.47. The van der Waals surface area contributed by atoms with Crippen LogP contribution >= 0.6 is 0 Å². The average molecular weight is 366 g/mol. The highest BCUT2D eigenvalue weighted by Gasteiger charge is 2.36. The maximum absolute atomic E-state index is 13.0. The van der Waals surface area contributed by atoms with Crippen molar-refractivity contribution in [3.05, 3.63) is 42.5 Å². The van der Waals surface area contributed by atoms with E-state index in [-0.39, 0.29) is 11.8 Å². The van der Waals surface area contributed by atoms with Crippen molar-refractivity contribution in [1.29, 1.82) is 0 Å². The summed E-state index contributed by atoms with van der Waals surface area (Å²) in [5.41, 5.74) is 1.18. The number of hydrogen-bond acceptors (Lipinski definition) is 6. The third kappa shape index (κ3) is 3.66. The van der Waals surface area contributed by atoms with Crippen molar-refractivity contribution in [3.63, 3.8) is 0 Å². The van der Waals surface area contributed by atoms with Crippen LogP contribution in [0, 0.1) is 0 Å². The zero-order chi connectivity index (χ0) is 18.6. The molecule has 2 aromatic rings. The fourth-order valence-electron chi connectivity index (χ4n) is 3.56. The van der Waals surface area contributed by atoms with Gasteiger partial charge < -0.3 is 15.1 Å². The number of likely N-dealkylation sites (tertiary alicyclic amines) is 1. The van der Waals surface area contributed by atoms with Crippen LogP contribution in [0.25, 0.3) is 11.4 Å². The first-order valence-electron chi connectivity index (χ1n) is 9.27. The van der Waals surface area contributed by atoms with Crippen LogP contribution in [0.15, 0.2) is 36.9 Å². The molecule has 0 radical (unpaired) electrons. The van der Waals surface area contributed by atoms with Gasteiger partial charge in [0, 0.05) is 63.1 Å². The molecule has 1 atom stereocenters. The van der Waals surface area contributed by atoms with Crippen molar-refractivity contribution in [2.24, 2.45) is 0 Å². The van der Waals surface area contributed by atoms with Gasteiger partial charge >= 0.3 is 0 Å². The summed E-state index contributed by atoms with van der Waals surface area (Å²) in [5.74, 6) is 0.345. The number of aromatic nitrogens is 3. The average Bonchev–Trinajstić information content (AvgIpc) is 3.28. The van der Waals surface area contributed by atoms with Crippen LogP contribution in [0.1, 0.15) is 23.2 Å². The summed E-state index contributed by atoms with van der Waals surface area (Å²) in [6.45, 7) is 3.20. The number of piperazine rings is 1. The molecule has 0 spiro atoms. The molecule has 27 heavy (non-hydrogen) atoms. The first kappa shape index (κ1) is 17.5. The van der Waals surface area contributed by atoms with Gasteiger partial charge in [0.25, 0.3) is 5.91 Å². The standard InChI is InChI=1S/C19H22N6O2/c26-18(15-11-22-17(23-12-15)14-4-3-5-20-10-14)25-9-6-21-13-16(25)19(27)24-7-1-2-8-24/h3-5,10-12,16,21H,1-2,6-9,13H2/t16-/m0/s1. The highest BCUT2D eigenvalue weighted by atomic mass is 16.2. The number of nitrogens with zero attached hydrogens (tertiary/aromatic N) is 5. The Morgan fingerprint density at radius 1 is 1.07 bits per heavy atom. The Kier molecular flexibility index (Phi) is 5.06. The number of amides is 2. The van der Waals surface area contributed by atoms with E-state index in [0.717, 1.165) is 31.5 Å². The molecule has 2 fully saturated rings. The second-order valence-electron chi connectivity index (χ2n) is 6.79. The fraction of sp³-hybridized carbons (Fsp3) is 0.421. The topological polar surface area (TPSA) is 91.3 Å². The molecule has 0 aliphatic carbocycles. The van der Waals surface area contributed by atoms with Crippen LogP contribution in [0.4, 0.5) is 0 Å². The number of hydrogen-bond donors (Lipinski definition) is 1. The highest BCUT2D eigenvalue weighted by Crippen LogP contribution is 2.17. The molecule has 2 amide bonds. The number of nitrogens with one attached hydrogen (secondary N) is 1. The summed E-state index contributed by atoms with van der Waals surface area (Å²) in [6, 6.07) is 3.21. The summed E-state index contributed by atoms with van der Waals surface area (Å²) >= 11 is 0. The normalized spacial score (nSPS) is 19.9. The SMILES string of the molecule is O=C([C@@H]1CNCCN1C(=O)c1cnc(-c2cccnc2)nc1)N1CCCC1. The highest BCUT2D eigenvalue weighted by molar-refractivity contribution is 5.97. The van der Waals surface area contributed by atoms with Gasteiger partial charge in [0.05, 0.1) is 5.56 Å². The van der Waals surface area contributed by atoms with Crippen LogP contribution in [-0.2, 0) is 4.79 Å². The van der Waals surface area contributed by atoms with Gasteiger partial charge in [-0.05, 0) is 25.0 Å². The van der Waals surface area contributed by atoms with E-state index in [0.29, 0.717) is 31.0 Å². The van der Waals surface area contributed by atoms with Crippen molar-refractivity contribution in [2.75, 3.05) is 32.7 Å². The molecule has 8 heteroatoms. The molecular weight excluding hydrogens is 344 g/mol. The lowest BCUT2D eigenvalue weighted by Gasteiger charge is -2.37. The molecule has 2 saturated heterocycles. The molecule has 2 aliphatic rings. The van der Waals surface area contributed by atoms with Gasteiger partial charge in [-0.2, -0.15) is 0 Å². The Balaban J connectivity index is 1.52. The van der Waals surface area contributed by atoms with Crippen LogP contribution < -0.4 is 5.32 Å². The van der Waals surface area contributed by atoms with E-state index in [1.807, 2.05) is 17.0 Å². The van der Waals surface area contributed by atoms with E-state index in [2.05, 4.69) is 20.3 Å². The molecule has 0 aromatic carbocycles. The van der Waals surface area contributed by atoms with E-state index < -0.39 is 6.04 Å². The molecular formula is C19H22N6O2. The van der Waals surface area contributed by atoms with Crippen molar-refractivity contribution in [1.82, 2.24) is 30.1 Å². The zero-order valence-corrected chi connectivity index (χ0v) is 15.0. The van der Waals surface area contributed by atoms with E-state index in [1.54, 1.807) is 17.3 Å². The molecule has 2 aromatic heterocycles. The van der Waals surface area contributed by atoms with E-state index >= 15 is 0 Å². The summed E-state index contributed by atoms with van der Waals surface area (Å²) < 4.78 is 0. The summed E-state index contributed by atoms with van der Waals surface area (Å²) in [7, 11) is 0. The third-order valence-corrected chi connectivity index (χ3v) is 5.03. The van der Waals surface area contributed by atoms with Crippen LogP contribution in [0.2, 0.25) is 0 Å². The van der Waals surface area contributed by atoms with Gasteiger partial charge in [0.2, 0.25) is 5.91 Å². The van der Waals surface area contributed by atoms with Gasteiger partial charge in [-0.25, -0.2) is 9.97 Å². The molecule has 0 saturated carbocycles. The number of rotatable bonds is 3. The van der Waals surface area contributed by atoms with Crippen molar-refractivity contribution >= 4 is 11.8 Å². The van der Waals surface area contributed by atoms with Gasteiger partial charge in [-0.15, -0.1) is 0 Å². The maximum atomic E-state index is 13.0. The van der Waals surface area contributed by atoms with Crippen LogP contribution in [0.3, 0.4) is 0 Å². The Labute approximate surface area is 157 Å². The Morgan fingerprint density at radius 3 is 2.56 bits per heavy atom. The molecule has 1 N–H and O–H groups in total. The predicted octanol–water partition coefficient (Wildman–Crippen LogP) is 0.575. The molecule has 0 unspecified atom stereocenters. The smallest absolute Gasteiger partial charge is 0.257 e. The second-order valence-corrected chi connectivity index (χ2v) is 6.79. The van der Waals surface area contributed by atoms with E-state index in [1.165, 1.54) is 12.4 Å². The fourth-order valence-corrected chi connectivity index (χ4v) is 3.56. The minimum absolute atomic E-state index is 0.0287. The lowest BCUT2D eigenvalue weighted by molar-refractivity contribution is -0.135. The van der Waals surface area contributed by atoms with Crippen molar-refractivity contribution in [3.8, 4) is 11.4 Å². The quantitative estimate of drug-likeness (QED) is 0.854. The third-order valence-electron chi connectivity index (χ3n) is 5.03. The van der Waals surface area contributed by atoms with Crippen molar-refractivity contribution < 1.29 is 9.59 Å². The molecule has 2 aliphatic heterocycles. The first-order chi connectivity index (χ1) is 13.2. The Morgan fingerprint density at radius 2 is 1.85 bits per heavy atom. The molecule has 4 rings (SSSR count). The monoisotopic (exact) mass is 366 g/mol. The minimum atomic E-state index is -0.470. The van der Waals surface area contributed by atoms with E-state index in [4.69, 9.17) is 0 Å². The van der Waals surface area contributed by atoms with Gasteiger partial charge in [0.15, 0.2) is 5.82 Å². The maximum Gasteiger partial charge on any atom is 0.257 e. The lowest BCUT2D eigenvalue weighted by atomic mass is 10.1. The number of pyridine rings is 1. The molecule has 4 heterocycles. The van der Waals surface area contributed by atoms with Gasteiger partial charge in [-0.3, -0.25) is 14.6 Å². The Bertz CT molecular complexity index is 805. The minimum Gasteiger partial charge on any atom is -0.341 e. The second kappa shape index (κ2) is 7.79. The zero-order valence-electron chi connectivity index (χ0n) is 15.0. The van der Waals surface area contributed by atoms with Crippen molar-refractivity contribution in [2.45, 2.75) is 18.9 Å². The van der Waals surface area contributed by atoms with Crippen LogP contribution in [0.5, 0.6) is 0 Å². The summed E-state index contributed by atoms with van der Waals surface area (Å²) in [4.78, 5) is 42.0. The predicted molar refractivity (Wildman–Crippen MR) is 98.8 cm³/mol. The lowest BCUT2D eigenvalue weighted by Crippen LogP contribution is -2.59. The largest absolute Gasteiger partial charge is 0.341 e. The first-order valence-corrected chi connectivity index (χ1v) is 9.27. The Hall–Kier alpha value is -2.87. The van der Waals surface area contributed by atoms with Gasteiger partial charge in [-0.1, -0.05) is 0 Å². The number of carbonyl (C=O) groups excluding carboxylic acids is 2. The molecule has 8 nitrogen and oxygen atoms in total. The van der Waals surface area contributed by atoms with Crippen LogP contribution in [-0.4, -0.2) is 75.3 Å². The molecule has 140 valence electrons. The number of carbonyl (C=O) groups is 2. The van der Waals surface area contributed by atoms with Gasteiger partial charge in [0.1, 0.15) is 6.04 Å². The van der Waals surface area contributed by atoms with E-state index in [9.17, 15) is 9.59 Å². The summed E-state index contributed by atoms with van der Waals surface area (Å²) in [5, 5.41) is 3.23. The molecule has 0 bridgehead atoms.